The van der Waals surface area contributed by atoms with Crippen LogP contribution in [0.1, 0.15) is 29.5 Å². The molecule has 0 aromatic carbocycles. The van der Waals surface area contributed by atoms with Crippen molar-refractivity contribution in [1.29, 1.82) is 0 Å². The zero-order valence-electron chi connectivity index (χ0n) is 9.73. The number of carbonyl (C=O) groups excluding carboxylic acids is 1. The number of aromatic nitrogens is 3. The average molecular weight is 373 g/mol. The lowest BCUT2D eigenvalue weighted by Gasteiger charge is -2.06. The minimum atomic E-state index is -0.125. The number of nitrogens with zero attached hydrogens (tertiary/aromatic N) is 3. The third kappa shape index (κ3) is 2.70. The van der Waals surface area contributed by atoms with E-state index in [1.165, 1.54) is 0 Å². The maximum absolute atomic E-state index is 12.4. The van der Waals surface area contributed by atoms with Gasteiger partial charge in [-0.15, -0.1) is 0 Å². The summed E-state index contributed by atoms with van der Waals surface area (Å²) < 4.78 is 3.21. The molecule has 6 heteroatoms. The van der Waals surface area contributed by atoms with Crippen LogP contribution in [0.4, 0.5) is 0 Å². The van der Waals surface area contributed by atoms with Crippen molar-refractivity contribution in [3.63, 3.8) is 0 Å². The molecule has 0 unspecified atom stereocenters. The van der Waals surface area contributed by atoms with Crippen molar-refractivity contribution in [3.8, 4) is 0 Å². The second kappa shape index (κ2) is 5.75. The van der Waals surface area contributed by atoms with Gasteiger partial charge in [-0.1, -0.05) is 6.92 Å². The molecule has 2 rings (SSSR count). The summed E-state index contributed by atoms with van der Waals surface area (Å²) in [5.74, 6) is -0.125. The number of aryl methyl sites for hydroxylation is 1. The van der Waals surface area contributed by atoms with Crippen LogP contribution in [0.3, 0.4) is 0 Å². The molecule has 0 saturated carbocycles. The highest BCUT2D eigenvalue weighted by atomic mass is 79.9. The number of hydrogen-bond donors (Lipinski definition) is 0. The summed E-state index contributed by atoms with van der Waals surface area (Å²) in [6.07, 6.45) is 4.17. The normalized spacial score (nSPS) is 10.6. The van der Waals surface area contributed by atoms with Crippen molar-refractivity contribution in [2.45, 2.75) is 19.9 Å². The number of ketones is 1. The third-order valence-electron chi connectivity index (χ3n) is 2.41. The average Bonchev–Trinajstić information content (AvgIpc) is 2.77. The summed E-state index contributed by atoms with van der Waals surface area (Å²) in [4.78, 5) is 16.5. The molecule has 2 aromatic heterocycles. The summed E-state index contributed by atoms with van der Waals surface area (Å²) >= 11 is 6.67. The Morgan fingerprint density at radius 3 is 2.89 bits per heavy atom. The molecule has 2 aromatic rings. The van der Waals surface area contributed by atoms with Gasteiger partial charge in [0.15, 0.2) is 0 Å². The van der Waals surface area contributed by atoms with Gasteiger partial charge in [0.25, 0.3) is 0 Å². The minimum absolute atomic E-state index is 0.125. The summed E-state index contributed by atoms with van der Waals surface area (Å²) in [5.41, 5.74) is 0.962. The van der Waals surface area contributed by atoms with Crippen molar-refractivity contribution < 1.29 is 4.79 Å². The summed E-state index contributed by atoms with van der Waals surface area (Å²) in [7, 11) is 0. The van der Waals surface area contributed by atoms with Gasteiger partial charge in [-0.25, -0.2) is 0 Å². The lowest BCUT2D eigenvalue weighted by molar-refractivity contribution is 0.102. The third-order valence-corrected chi connectivity index (χ3v) is 3.45. The smallest absolute Gasteiger partial charge is 0.230 e. The fraction of sp³-hybridized carbons (Fsp3) is 0.250. The molecule has 0 aliphatic heterocycles. The van der Waals surface area contributed by atoms with Crippen LogP contribution in [0.5, 0.6) is 0 Å². The Labute approximate surface area is 122 Å². The monoisotopic (exact) mass is 371 g/mol. The number of halogens is 2. The first-order valence-corrected chi connectivity index (χ1v) is 7.09. The van der Waals surface area contributed by atoms with E-state index in [-0.39, 0.29) is 5.78 Å². The van der Waals surface area contributed by atoms with E-state index in [1.807, 2.05) is 6.92 Å². The first kappa shape index (κ1) is 13.4. The summed E-state index contributed by atoms with van der Waals surface area (Å²) in [6.45, 7) is 2.77. The number of carbonyl (C=O) groups is 1. The quantitative estimate of drug-likeness (QED) is 0.772. The van der Waals surface area contributed by atoms with Gasteiger partial charge in [0.2, 0.25) is 5.78 Å². The maximum Gasteiger partial charge on any atom is 0.230 e. The maximum atomic E-state index is 12.4. The Kier molecular flexibility index (Phi) is 4.29. The number of pyridine rings is 1. The lowest BCUT2D eigenvalue weighted by atomic mass is 10.2. The van der Waals surface area contributed by atoms with Crippen LogP contribution in [0.2, 0.25) is 0 Å². The van der Waals surface area contributed by atoms with E-state index in [2.05, 4.69) is 41.9 Å². The lowest BCUT2D eigenvalue weighted by Crippen LogP contribution is -2.13. The second-order valence-corrected chi connectivity index (χ2v) is 5.52. The van der Waals surface area contributed by atoms with Gasteiger partial charge >= 0.3 is 0 Å². The molecule has 0 aliphatic carbocycles. The van der Waals surface area contributed by atoms with Gasteiger partial charge in [0.1, 0.15) is 11.4 Å². The van der Waals surface area contributed by atoms with Gasteiger partial charge in [-0.2, -0.15) is 5.10 Å². The zero-order valence-corrected chi connectivity index (χ0v) is 12.9. The minimum Gasteiger partial charge on any atom is -0.285 e. The molecule has 4 nitrogen and oxygen atoms in total. The molecular weight excluding hydrogens is 362 g/mol. The van der Waals surface area contributed by atoms with Gasteiger partial charge in [-0.3, -0.25) is 14.5 Å². The van der Waals surface area contributed by atoms with Crippen molar-refractivity contribution in [2.75, 3.05) is 0 Å². The highest BCUT2D eigenvalue weighted by Crippen LogP contribution is 2.22. The molecule has 2 heterocycles. The predicted octanol–water partition coefficient (Wildman–Crippen LogP) is 3.44. The van der Waals surface area contributed by atoms with E-state index in [0.717, 1.165) is 17.4 Å². The molecule has 18 heavy (non-hydrogen) atoms. The second-order valence-electron chi connectivity index (χ2n) is 3.75. The highest BCUT2D eigenvalue weighted by molar-refractivity contribution is 9.11. The molecule has 0 N–H and O–H groups in total. The van der Waals surface area contributed by atoms with E-state index >= 15 is 0 Å². The number of hydrogen-bond acceptors (Lipinski definition) is 3. The van der Waals surface area contributed by atoms with Crippen molar-refractivity contribution >= 4 is 37.6 Å². The van der Waals surface area contributed by atoms with Crippen molar-refractivity contribution in [3.05, 3.63) is 44.9 Å². The van der Waals surface area contributed by atoms with Gasteiger partial charge in [0.05, 0.1) is 0 Å². The van der Waals surface area contributed by atoms with Crippen LogP contribution in [-0.4, -0.2) is 20.5 Å². The summed E-state index contributed by atoms with van der Waals surface area (Å²) in [5, 5.41) is 4.14. The van der Waals surface area contributed by atoms with E-state index in [4.69, 9.17) is 0 Å². The van der Waals surface area contributed by atoms with Crippen LogP contribution >= 0.6 is 31.9 Å². The first-order chi connectivity index (χ1) is 8.63. The Morgan fingerprint density at radius 1 is 1.44 bits per heavy atom. The van der Waals surface area contributed by atoms with Crippen LogP contribution in [0.15, 0.2) is 33.5 Å². The molecule has 0 atom stereocenters. The number of rotatable bonds is 4. The Bertz CT molecular complexity index is 580. The SMILES string of the molecule is CCCn1nccc1C(=O)c1ncc(Br)cc1Br. The van der Waals surface area contributed by atoms with Gasteiger partial charge in [0, 0.05) is 27.9 Å². The van der Waals surface area contributed by atoms with Gasteiger partial charge in [-0.05, 0) is 50.4 Å². The van der Waals surface area contributed by atoms with E-state index in [0.29, 0.717) is 15.9 Å². The molecule has 94 valence electrons. The standard InChI is InChI=1S/C12H11Br2N3O/c1-2-5-17-10(3-4-16-17)12(18)11-9(14)6-8(13)7-15-11/h3-4,6-7H,2,5H2,1H3. The molecule has 0 amide bonds. The molecule has 0 spiro atoms. The molecule has 0 radical (unpaired) electrons. The van der Waals surface area contributed by atoms with Crippen molar-refractivity contribution in [1.82, 2.24) is 14.8 Å². The fourth-order valence-corrected chi connectivity index (χ4v) is 2.79. The Hall–Kier alpha value is -1.01. The topological polar surface area (TPSA) is 47.8 Å². The van der Waals surface area contributed by atoms with Crippen LogP contribution in [0, 0.1) is 0 Å². The van der Waals surface area contributed by atoms with Gasteiger partial charge < -0.3 is 0 Å². The Morgan fingerprint density at radius 2 is 2.22 bits per heavy atom. The van der Waals surface area contributed by atoms with E-state index < -0.39 is 0 Å². The van der Waals surface area contributed by atoms with Crippen LogP contribution in [-0.2, 0) is 6.54 Å². The van der Waals surface area contributed by atoms with E-state index in [1.54, 1.807) is 29.2 Å². The van der Waals surface area contributed by atoms with Crippen molar-refractivity contribution in [2.24, 2.45) is 0 Å². The first-order valence-electron chi connectivity index (χ1n) is 5.51. The molecule has 0 bridgehead atoms. The van der Waals surface area contributed by atoms with E-state index in [9.17, 15) is 4.79 Å². The van der Waals surface area contributed by atoms with Crippen LogP contribution in [0.25, 0.3) is 0 Å². The Balaban J connectivity index is 2.38. The van der Waals surface area contributed by atoms with Crippen LogP contribution < -0.4 is 0 Å². The summed E-state index contributed by atoms with van der Waals surface area (Å²) in [6, 6.07) is 3.52. The zero-order chi connectivity index (χ0) is 13.1. The molecule has 0 saturated heterocycles. The predicted molar refractivity (Wildman–Crippen MR) is 75.6 cm³/mol. The highest BCUT2D eigenvalue weighted by Gasteiger charge is 2.18. The molecule has 0 fully saturated rings. The largest absolute Gasteiger partial charge is 0.285 e. The molecule has 0 aliphatic rings. The molecular formula is C12H11Br2N3O. The fourth-order valence-electron chi connectivity index (χ4n) is 1.62.